The van der Waals surface area contributed by atoms with Gasteiger partial charge in [-0.25, -0.2) is 0 Å². The molecule has 0 fully saturated rings. The fraction of sp³-hybridized carbons (Fsp3) is 1.00. The van der Waals surface area contributed by atoms with Crippen LogP contribution in [-0.2, 0) is 0 Å². The molecule has 0 rings (SSSR count). The molecule has 0 saturated heterocycles. The van der Waals surface area contributed by atoms with Crippen molar-refractivity contribution in [2.75, 3.05) is 6.66 Å². The van der Waals surface area contributed by atoms with Crippen LogP contribution in [0.1, 0.15) is 0 Å². The topological polar surface area (TPSA) is 23.9 Å². The van der Waals surface area contributed by atoms with Crippen LogP contribution in [-0.4, -0.2) is 21.8 Å². The van der Waals surface area contributed by atoms with Gasteiger partial charge in [-0.2, -0.15) is 0 Å². The molecule has 0 aliphatic heterocycles. The molecule has 0 spiro atoms. The van der Waals surface area contributed by atoms with Gasteiger partial charge in [-0.15, -0.1) is 6.81 Å². The molecular weight excluding hydrogens is 78.6 g/mol. The van der Waals surface area contributed by atoms with E-state index in [-0.39, 0.29) is 0 Å². The van der Waals surface area contributed by atoms with Gasteiger partial charge < -0.3 is 5.16 Å². The smallest absolute Gasteiger partial charge is 0.120 e. The molecule has 0 atom stereocenters. The fourth-order valence-corrected chi connectivity index (χ4v) is 0. The Morgan fingerprint density at radius 1 is 1.60 bits per heavy atom. The molecular formula is CH4B2NP. The minimum Gasteiger partial charge on any atom is -0.339 e. The number of rotatable bonds is 0. The third-order valence-electron chi connectivity index (χ3n) is 0. The summed E-state index contributed by atoms with van der Waals surface area (Å²) in [4.78, 5) is 0. The van der Waals surface area contributed by atoms with Crippen LogP contribution in [0.2, 0.25) is 0 Å². The van der Waals surface area contributed by atoms with Crippen molar-refractivity contribution in [1.29, 1.82) is 5.16 Å². The fourth-order valence-electron chi connectivity index (χ4n) is 0. The first-order chi connectivity index (χ1) is 2.00. The molecule has 1 N–H and O–H groups in total. The standard InChI is InChI=1S/CH4B2NP/c1-5(2,3)4/h4H,1H3. The van der Waals surface area contributed by atoms with Crippen molar-refractivity contribution >= 4 is 21.9 Å². The SMILES string of the molecule is [B]P([B])(C)=N. The zero-order valence-corrected chi connectivity index (χ0v) is 4.00. The molecule has 5 heavy (non-hydrogen) atoms. The predicted octanol–water partition coefficient (Wildman–Crippen LogP) is 0.563. The first-order valence-electron chi connectivity index (χ1n) is 1.19. The Morgan fingerprint density at radius 3 is 1.60 bits per heavy atom. The van der Waals surface area contributed by atoms with Gasteiger partial charge in [0.1, 0.15) is 15.1 Å². The Kier molecular flexibility index (Phi) is 1.30. The van der Waals surface area contributed by atoms with Crippen molar-refractivity contribution < 1.29 is 0 Å². The summed E-state index contributed by atoms with van der Waals surface area (Å²) < 4.78 is 0. The molecule has 0 unspecified atom stereocenters. The molecule has 24 valence electrons. The van der Waals surface area contributed by atoms with Crippen LogP contribution >= 0.6 is 6.81 Å². The van der Waals surface area contributed by atoms with Crippen molar-refractivity contribution in [2.24, 2.45) is 0 Å². The summed E-state index contributed by atoms with van der Waals surface area (Å²) >= 11 is 0. The van der Waals surface area contributed by atoms with Crippen molar-refractivity contribution in [3.63, 3.8) is 0 Å². The van der Waals surface area contributed by atoms with Crippen molar-refractivity contribution in [3.8, 4) is 0 Å². The van der Waals surface area contributed by atoms with E-state index in [0.717, 1.165) is 0 Å². The van der Waals surface area contributed by atoms with Gasteiger partial charge in [0.2, 0.25) is 0 Å². The average molecular weight is 82.6 g/mol. The maximum atomic E-state index is 6.60. The highest BCUT2D eigenvalue weighted by Crippen LogP contribution is 2.26. The van der Waals surface area contributed by atoms with E-state index in [1.54, 1.807) is 0 Å². The Bertz CT molecular complexity index is 55.8. The van der Waals surface area contributed by atoms with Crippen LogP contribution in [0.15, 0.2) is 0 Å². The Morgan fingerprint density at radius 2 is 1.60 bits per heavy atom. The zero-order valence-electron chi connectivity index (χ0n) is 3.10. The Labute approximate surface area is 34.7 Å². The second-order valence-electron chi connectivity index (χ2n) is 1.15. The normalized spacial score (nSPS) is 11.4. The summed E-state index contributed by atoms with van der Waals surface area (Å²) in [5.41, 5.74) is 0. The van der Waals surface area contributed by atoms with Crippen LogP contribution in [0.5, 0.6) is 0 Å². The minimum absolute atomic E-state index is 1.52. The maximum Gasteiger partial charge on any atom is 0.120 e. The van der Waals surface area contributed by atoms with Crippen LogP contribution in [0.4, 0.5) is 0 Å². The molecule has 0 aliphatic rings. The van der Waals surface area contributed by atoms with Crippen LogP contribution in [0.3, 0.4) is 0 Å². The maximum absolute atomic E-state index is 6.60. The molecule has 0 bridgehead atoms. The second kappa shape index (κ2) is 1.22. The first kappa shape index (κ1) is 5.36. The van der Waals surface area contributed by atoms with E-state index < -0.39 is 6.81 Å². The Hall–Kier alpha value is 0.360. The highest BCUT2D eigenvalue weighted by atomic mass is 31.2. The molecule has 0 heterocycles. The van der Waals surface area contributed by atoms with Gasteiger partial charge in [-0.3, -0.25) is 0 Å². The van der Waals surface area contributed by atoms with Gasteiger partial charge >= 0.3 is 0 Å². The first-order valence-corrected chi connectivity index (χ1v) is 3.56. The summed E-state index contributed by atoms with van der Waals surface area (Å²) in [6.07, 6.45) is 0. The second-order valence-corrected chi connectivity index (χ2v) is 3.44. The van der Waals surface area contributed by atoms with Crippen molar-refractivity contribution in [3.05, 3.63) is 0 Å². The molecule has 1 nitrogen and oxygen atoms in total. The van der Waals surface area contributed by atoms with E-state index in [2.05, 4.69) is 0 Å². The molecule has 0 amide bonds. The van der Waals surface area contributed by atoms with Gasteiger partial charge in [-0.1, -0.05) is 0 Å². The number of hydrogen-bond donors (Lipinski definition) is 1. The summed E-state index contributed by atoms with van der Waals surface area (Å²) in [6.45, 7) is -0.618. The van der Waals surface area contributed by atoms with E-state index in [9.17, 15) is 0 Å². The van der Waals surface area contributed by atoms with Gasteiger partial charge in [0.05, 0.1) is 0 Å². The molecule has 0 aliphatic carbocycles. The highest BCUT2D eigenvalue weighted by Gasteiger charge is 1.82. The third-order valence-corrected chi connectivity index (χ3v) is 0. The van der Waals surface area contributed by atoms with Gasteiger partial charge in [0.15, 0.2) is 0 Å². The summed E-state index contributed by atoms with van der Waals surface area (Å²) in [7, 11) is 9.82. The summed E-state index contributed by atoms with van der Waals surface area (Å²) in [6, 6.07) is 0. The molecule has 0 aromatic heterocycles. The van der Waals surface area contributed by atoms with Gasteiger partial charge in [0.25, 0.3) is 0 Å². The molecule has 4 radical (unpaired) electrons. The molecule has 0 saturated carbocycles. The van der Waals surface area contributed by atoms with Gasteiger partial charge in [0, 0.05) is 0 Å². The highest BCUT2D eigenvalue weighted by molar-refractivity contribution is 8.06. The largest absolute Gasteiger partial charge is 0.339 e. The van der Waals surface area contributed by atoms with Gasteiger partial charge in [-0.05, 0) is 6.66 Å². The minimum atomic E-state index is -2.14. The average Bonchev–Trinajstić information content (AvgIpc) is 0.722. The lowest BCUT2D eigenvalue weighted by Gasteiger charge is -1.93. The number of nitrogens with one attached hydrogen (secondary N) is 1. The summed E-state index contributed by atoms with van der Waals surface area (Å²) in [5, 5.41) is 6.60. The monoisotopic (exact) mass is 83.0 g/mol. The van der Waals surface area contributed by atoms with Crippen LogP contribution in [0, 0.1) is 5.16 Å². The van der Waals surface area contributed by atoms with Crippen LogP contribution < -0.4 is 0 Å². The molecule has 0 aromatic carbocycles. The van der Waals surface area contributed by atoms with Crippen LogP contribution in [0.25, 0.3) is 0 Å². The molecule has 4 heteroatoms. The van der Waals surface area contributed by atoms with E-state index >= 15 is 0 Å². The summed E-state index contributed by atoms with van der Waals surface area (Å²) in [5.74, 6) is 0. The number of hydrogen-bond acceptors (Lipinski definition) is 1. The molecule has 0 aromatic rings. The van der Waals surface area contributed by atoms with Crippen molar-refractivity contribution in [1.82, 2.24) is 0 Å². The van der Waals surface area contributed by atoms with E-state index in [1.807, 2.05) is 0 Å². The quantitative estimate of drug-likeness (QED) is 0.326. The predicted molar refractivity (Wildman–Crippen MR) is 27.1 cm³/mol. The van der Waals surface area contributed by atoms with E-state index in [1.165, 1.54) is 6.66 Å². The zero-order chi connectivity index (χ0) is 4.50. The lowest BCUT2D eigenvalue weighted by Crippen LogP contribution is -1.66. The van der Waals surface area contributed by atoms with E-state index in [0.29, 0.717) is 0 Å². The van der Waals surface area contributed by atoms with E-state index in [4.69, 9.17) is 20.3 Å². The Balaban J connectivity index is 3.47. The van der Waals surface area contributed by atoms with Crippen molar-refractivity contribution in [2.45, 2.75) is 0 Å². The lowest BCUT2D eigenvalue weighted by atomic mass is 10.7. The lowest BCUT2D eigenvalue weighted by molar-refractivity contribution is 1.63. The third kappa shape index (κ3) is 187.